The van der Waals surface area contributed by atoms with Gasteiger partial charge in [-0.15, -0.1) is 11.6 Å². The standard InChI is InChI=1S/C13H17BrClN3O4/c1-2-22-13(21)18-17-12(20)10-4-3-8(14)5-11(10)16-7-9(19)6-15/h3-5,9,16,19H,2,6-7H2,1H3,(H,17,20)(H,18,21). The molecular weight excluding hydrogens is 378 g/mol. The van der Waals surface area contributed by atoms with Gasteiger partial charge in [0, 0.05) is 16.7 Å². The maximum Gasteiger partial charge on any atom is 0.426 e. The van der Waals surface area contributed by atoms with Crippen molar-refractivity contribution in [1.29, 1.82) is 0 Å². The van der Waals surface area contributed by atoms with Crippen LogP contribution < -0.4 is 16.2 Å². The number of halogens is 2. The summed E-state index contributed by atoms with van der Waals surface area (Å²) >= 11 is 8.83. The van der Waals surface area contributed by atoms with Crippen LogP contribution in [0.2, 0.25) is 0 Å². The minimum Gasteiger partial charge on any atom is -0.449 e. The Hall–Kier alpha value is -1.51. The Morgan fingerprint density at radius 2 is 2.14 bits per heavy atom. The number of amides is 2. The van der Waals surface area contributed by atoms with Gasteiger partial charge in [0.05, 0.1) is 24.2 Å². The van der Waals surface area contributed by atoms with Crippen LogP contribution >= 0.6 is 27.5 Å². The molecule has 1 atom stereocenters. The van der Waals surface area contributed by atoms with Gasteiger partial charge < -0.3 is 15.2 Å². The number of nitrogens with one attached hydrogen (secondary N) is 3. The maximum atomic E-state index is 12.1. The molecule has 1 rings (SSSR count). The summed E-state index contributed by atoms with van der Waals surface area (Å²) in [4.78, 5) is 23.2. The molecule has 0 aliphatic rings. The lowest BCUT2D eigenvalue weighted by atomic mass is 10.1. The molecule has 9 heteroatoms. The Labute approximate surface area is 141 Å². The molecule has 122 valence electrons. The second-order valence-electron chi connectivity index (χ2n) is 4.18. The van der Waals surface area contributed by atoms with Gasteiger partial charge in [0.1, 0.15) is 0 Å². The van der Waals surface area contributed by atoms with Gasteiger partial charge in [-0.05, 0) is 25.1 Å². The fourth-order valence-corrected chi connectivity index (χ4v) is 1.96. The van der Waals surface area contributed by atoms with Crippen molar-refractivity contribution in [1.82, 2.24) is 10.9 Å². The molecule has 0 aliphatic carbocycles. The molecule has 0 radical (unpaired) electrons. The second kappa shape index (κ2) is 9.50. The molecule has 0 saturated heterocycles. The highest BCUT2D eigenvalue weighted by molar-refractivity contribution is 9.10. The van der Waals surface area contributed by atoms with Crippen LogP contribution in [-0.2, 0) is 4.74 Å². The Morgan fingerprint density at radius 1 is 1.41 bits per heavy atom. The second-order valence-corrected chi connectivity index (χ2v) is 5.40. The zero-order chi connectivity index (χ0) is 16.5. The summed E-state index contributed by atoms with van der Waals surface area (Å²) in [7, 11) is 0. The highest BCUT2D eigenvalue weighted by atomic mass is 79.9. The number of carbonyl (C=O) groups is 2. The van der Waals surface area contributed by atoms with Gasteiger partial charge in [0.2, 0.25) is 0 Å². The molecule has 0 bridgehead atoms. The number of ether oxygens (including phenoxy) is 1. The number of anilines is 1. The summed E-state index contributed by atoms with van der Waals surface area (Å²) in [5.74, 6) is -0.448. The Morgan fingerprint density at radius 3 is 2.77 bits per heavy atom. The van der Waals surface area contributed by atoms with Gasteiger partial charge in [-0.1, -0.05) is 15.9 Å². The van der Waals surface area contributed by atoms with Crippen molar-refractivity contribution in [2.45, 2.75) is 13.0 Å². The normalized spacial score (nSPS) is 11.5. The first-order valence-electron chi connectivity index (χ1n) is 6.48. The molecule has 0 heterocycles. The van der Waals surface area contributed by atoms with E-state index in [0.29, 0.717) is 11.3 Å². The zero-order valence-electron chi connectivity index (χ0n) is 11.9. The average molecular weight is 395 g/mol. The third-order valence-electron chi connectivity index (χ3n) is 2.49. The van der Waals surface area contributed by atoms with Gasteiger partial charge >= 0.3 is 6.09 Å². The highest BCUT2D eigenvalue weighted by Crippen LogP contribution is 2.21. The molecule has 1 aromatic carbocycles. The minimum atomic E-state index is -0.750. The summed E-state index contributed by atoms with van der Waals surface area (Å²) in [6.07, 6.45) is -1.49. The fraction of sp³-hybridized carbons (Fsp3) is 0.385. The molecule has 7 nitrogen and oxygen atoms in total. The quantitative estimate of drug-likeness (QED) is 0.436. The Kier molecular flexibility index (Phi) is 8.00. The predicted octanol–water partition coefficient (Wildman–Crippen LogP) is 1.85. The van der Waals surface area contributed by atoms with E-state index in [-0.39, 0.29) is 19.0 Å². The van der Waals surface area contributed by atoms with E-state index in [1.807, 2.05) is 0 Å². The van der Waals surface area contributed by atoms with E-state index >= 15 is 0 Å². The van der Waals surface area contributed by atoms with Crippen LogP contribution in [0.5, 0.6) is 0 Å². The van der Waals surface area contributed by atoms with Gasteiger partial charge in [0.15, 0.2) is 0 Å². The molecule has 0 aromatic heterocycles. The third kappa shape index (κ3) is 6.08. The zero-order valence-corrected chi connectivity index (χ0v) is 14.2. The maximum absolute atomic E-state index is 12.1. The number of aliphatic hydroxyl groups is 1. The van der Waals surface area contributed by atoms with Crippen LogP contribution in [0.3, 0.4) is 0 Å². The molecule has 0 fully saturated rings. The Balaban J connectivity index is 2.75. The summed E-state index contributed by atoms with van der Waals surface area (Å²) in [5.41, 5.74) is 5.15. The molecule has 0 aliphatic heterocycles. The lowest BCUT2D eigenvalue weighted by molar-refractivity contribution is 0.0913. The fourth-order valence-electron chi connectivity index (χ4n) is 1.49. The van der Waals surface area contributed by atoms with Crippen molar-refractivity contribution in [3.8, 4) is 0 Å². The SMILES string of the molecule is CCOC(=O)NNC(=O)c1ccc(Br)cc1NCC(O)CCl. The molecule has 2 amide bonds. The van der Waals surface area contributed by atoms with Crippen LogP contribution in [0.1, 0.15) is 17.3 Å². The van der Waals surface area contributed by atoms with Crippen molar-refractivity contribution in [2.75, 3.05) is 24.3 Å². The lowest BCUT2D eigenvalue weighted by Crippen LogP contribution is -2.42. The molecule has 1 aromatic rings. The first-order valence-corrected chi connectivity index (χ1v) is 7.81. The number of benzene rings is 1. The molecule has 4 N–H and O–H groups in total. The van der Waals surface area contributed by atoms with Crippen LogP contribution in [0.25, 0.3) is 0 Å². The van der Waals surface area contributed by atoms with E-state index in [1.165, 1.54) is 0 Å². The number of alkyl halides is 1. The monoisotopic (exact) mass is 393 g/mol. The van der Waals surface area contributed by atoms with E-state index in [2.05, 4.69) is 36.8 Å². The number of carbonyl (C=O) groups excluding carboxylic acids is 2. The lowest BCUT2D eigenvalue weighted by Gasteiger charge is -2.15. The van der Waals surface area contributed by atoms with Crippen LogP contribution in [0.4, 0.5) is 10.5 Å². The summed E-state index contributed by atoms with van der Waals surface area (Å²) in [6, 6.07) is 4.93. The number of hydrogen-bond acceptors (Lipinski definition) is 5. The van der Waals surface area contributed by atoms with E-state index in [0.717, 1.165) is 4.47 Å². The van der Waals surface area contributed by atoms with E-state index < -0.39 is 18.1 Å². The van der Waals surface area contributed by atoms with Gasteiger partial charge in [-0.3, -0.25) is 10.2 Å². The molecule has 22 heavy (non-hydrogen) atoms. The first kappa shape index (κ1) is 18.5. The van der Waals surface area contributed by atoms with Gasteiger partial charge in [-0.25, -0.2) is 10.2 Å². The number of hydrogen-bond donors (Lipinski definition) is 4. The van der Waals surface area contributed by atoms with E-state index in [9.17, 15) is 14.7 Å². The van der Waals surface area contributed by atoms with Crippen molar-refractivity contribution >= 4 is 45.2 Å². The van der Waals surface area contributed by atoms with E-state index in [4.69, 9.17) is 11.6 Å². The first-order chi connectivity index (χ1) is 10.5. The van der Waals surface area contributed by atoms with Gasteiger partial charge in [-0.2, -0.15) is 0 Å². The molecular formula is C13H17BrClN3O4. The molecule has 0 saturated carbocycles. The number of aliphatic hydroxyl groups excluding tert-OH is 1. The third-order valence-corrected chi connectivity index (χ3v) is 3.34. The van der Waals surface area contributed by atoms with Crippen LogP contribution in [-0.4, -0.2) is 42.2 Å². The van der Waals surface area contributed by atoms with Crippen molar-refractivity contribution in [3.05, 3.63) is 28.2 Å². The minimum absolute atomic E-state index is 0.0763. The summed E-state index contributed by atoms with van der Waals surface area (Å²) in [5, 5.41) is 12.4. The van der Waals surface area contributed by atoms with Crippen molar-refractivity contribution in [2.24, 2.45) is 0 Å². The predicted molar refractivity (Wildman–Crippen MR) is 87.0 cm³/mol. The summed E-state index contributed by atoms with van der Waals surface area (Å²) < 4.78 is 5.39. The largest absolute Gasteiger partial charge is 0.449 e. The topological polar surface area (TPSA) is 99.7 Å². The van der Waals surface area contributed by atoms with Crippen molar-refractivity contribution in [3.63, 3.8) is 0 Å². The highest BCUT2D eigenvalue weighted by Gasteiger charge is 2.14. The number of rotatable bonds is 6. The van der Waals surface area contributed by atoms with Gasteiger partial charge in [0.25, 0.3) is 5.91 Å². The van der Waals surface area contributed by atoms with Crippen molar-refractivity contribution < 1.29 is 19.4 Å². The smallest absolute Gasteiger partial charge is 0.426 e. The van der Waals surface area contributed by atoms with Crippen LogP contribution in [0.15, 0.2) is 22.7 Å². The van der Waals surface area contributed by atoms with E-state index in [1.54, 1.807) is 25.1 Å². The average Bonchev–Trinajstić information content (AvgIpc) is 2.50. The molecule has 0 spiro atoms. The summed E-state index contributed by atoms with van der Waals surface area (Å²) in [6.45, 7) is 2.04. The van der Waals surface area contributed by atoms with Crippen LogP contribution in [0, 0.1) is 0 Å². The Bertz CT molecular complexity index is 530. The molecule has 1 unspecified atom stereocenters. The number of hydrazine groups is 1.